The molecule has 0 heterocycles. The minimum absolute atomic E-state index is 0.324. The van der Waals surface area contributed by atoms with Crippen molar-refractivity contribution in [3.63, 3.8) is 0 Å². The van der Waals surface area contributed by atoms with Crippen LogP contribution in [-0.2, 0) is 4.74 Å². The first-order valence-corrected chi connectivity index (χ1v) is 4.59. The van der Waals surface area contributed by atoms with Gasteiger partial charge in [-0.3, -0.25) is 0 Å². The molecule has 0 aliphatic carbocycles. The second-order valence-corrected chi connectivity index (χ2v) is 2.97. The first kappa shape index (κ1) is 12.6. The number of hydrogen-bond acceptors (Lipinski definition) is 2. The van der Waals surface area contributed by atoms with Gasteiger partial charge in [0.15, 0.2) is 0 Å². The SMILES string of the molecule is C=C\C=C(/N=C(\N=C\C)OC)C(C)C. The largest absolute Gasteiger partial charge is 0.467 e. The Kier molecular flexibility index (Phi) is 6.37. The Balaban J connectivity index is 4.85. The van der Waals surface area contributed by atoms with Crippen LogP contribution in [0.2, 0.25) is 0 Å². The zero-order valence-electron chi connectivity index (χ0n) is 9.32. The quantitative estimate of drug-likeness (QED) is 0.386. The Hall–Kier alpha value is -1.38. The molecule has 0 fully saturated rings. The van der Waals surface area contributed by atoms with Crippen LogP contribution in [-0.4, -0.2) is 19.3 Å². The molecule has 0 aromatic rings. The average Bonchev–Trinajstić information content (AvgIpc) is 2.15. The second kappa shape index (κ2) is 7.06. The van der Waals surface area contributed by atoms with E-state index in [0.29, 0.717) is 11.9 Å². The number of amidine groups is 1. The van der Waals surface area contributed by atoms with E-state index in [4.69, 9.17) is 4.74 Å². The molecular formula is C11H18N2O. The highest BCUT2D eigenvalue weighted by molar-refractivity contribution is 5.83. The number of rotatable bonds is 3. The highest BCUT2D eigenvalue weighted by Gasteiger charge is 2.02. The maximum absolute atomic E-state index is 4.99. The van der Waals surface area contributed by atoms with E-state index in [1.807, 2.05) is 13.0 Å². The summed E-state index contributed by atoms with van der Waals surface area (Å²) in [5, 5.41) is 0. The highest BCUT2D eigenvalue weighted by atomic mass is 16.5. The zero-order valence-corrected chi connectivity index (χ0v) is 9.32. The van der Waals surface area contributed by atoms with E-state index >= 15 is 0 Å². The van der Waals surface area contributed by atoms with Crippen molar-refractivity contribution in [2.45, 2.75) is 20.8 Å². The summed E-state index contributed by atoms with van der Waals surface area (Å²) < 4.78 is 4.99. The lowest BCUT2D eigenvalue weighted by molar-refractivity contribution is 0.396. The van der Waals surface area contributed by atoms with Gasteiger partial charge in [0.05, 0.1) is 7.11 Å². The lowest BCUT2D eigenvalue weighted by Gasteiger charge is -2.05. The molecule has 78 valence electrons. The first-order chi connectivity index (χ1) is 6.65. The molecule has 0 bridgehead atoms. The van der Waals surface area contributed by atoms with E-state index in [9.17, 15) is 0 Å². The van der Waals surface area contributed by atoms with Crippen LogP contribution in [0.4, 0.5) is 0 Å². The molecule has 0 aliphatic rings. The Bertz CT molecular complexity index is 262. The molecule has 0 saturated heterocycles. The van der Waals surface area contributed by atoms with Gasteiger partial charge in [0.25, 0.3) is 0 Å². The maximum atomic E-state index is 4.99. The smallest absolute Gasteiger partial charge is 0.315 e. The van der Waals surface area contributed by atoms with Gasteiger partial charge in [-0.15, -0.1) is 0 Å². The van der Waals surface area contributed by atoms with Crippen molar-refractivity contribution in [3.8, 4) is 0 Å². The van der Waals surface area contributed by atoms with Crippen LogP contribution in [0.15, 0.2) is 34.4 Å². The van der Waals surface area contributed by atoms with E-state index in [2.05, 4.69) is 30.4 Å². The van der Waals surface area contributed by atoms with Crippen molar-refractivity contribution in [2.75, 3.05) is 7.11 Å². The fourth-order valence-electron chi connectivity index (χ4n) is 0.828. The van der Waals surface area contributed by atoms with Gasteiger partial charge >= 0.3 is 6.02 Å². The predicted octanol–water partition coefficient (Wildman–Crippen LogP) is 2.81. The zero-order chi connectivity index (χ0) is 11.0. The molecule has 0 atom stereocenters. The third kappa shape index (κ3) is 4.60. The first-order valence-electron chi connectivity index (χ1n) is 4.59. The van der Waals surface area contributed by atoms with Gasteiger partial charge in [0, 0.05) is 11.9 Å². The molecule has 0 spiro atoms. The molecular weight excluding hydrogens is 176 g/mol. The monoisotopic (exact) mass is 194 g/mol. The summed E-state index contributed by atoms with van der Waals surface area (Å²) in [4.78, 5) is 8.23. The molecule has 3 nitrogen and oxygen atoms in total. The average molecular weight is 194 g/mol. The number of nitrogens with zero attached hydrogens (tertiary/aromatic N) is 2. The van der Waals surface area contributed by atoms with Crippen LogP contribution in [0.5, 0.6) is 0 Å². The van der Waals surface area contributed by atoms with Crippen molar-refractivity contribution >= 4 is 12.2 Å². The fraction of sp³-hybridized carbons (Fsp3) is 0.455. The third-order valence-electron chi connectivity index (χ3n) is 1.53. The van der Waals surface area contributed by atoms with E-state index in [0.717, 1.165) is 5.70 Å². The van der Waals surface area contributed by atoms with Gasteiger partial charge < -0.3 is 4.74 Å². The number of aliphatic imine (C=N–C) groups is 2. The van der Waals surface area contributed by atoms with Gasteiger partial charge in [-0.2, -0.15) is 0 Å². The van der Waals surface area contributed by atoms with E-state index in [-0.39, 0.29) is 0 Å². The van der Waals surface area contributed by atoms with E-state index < -0.39 is 0 Å². The molecule has 0 aliphatic heterocycles. The molecule has 0 saturated carbocycles. The normalized spacial score (nSPS) is 13.8. The van der Waals surface area contributed by atoms with Gasteiger partial charge in [-0.1, -0.05) is 26.5 Å². The fourth-order valence-corrected chi connectivity index (χ4v) is 0.828. The second-order valence-electron chi connectivity index (χ2n) is 2.97. The Morgan fingerprint density at radius 3 is 2.43 bits per heavy atom. The van der Waals surface area contributed by atoms with Crippen LogP contribution in [0, 0.1) is 5.92 Å². The van der Waals surface area contributed by atoms with Crippen molar-refractivity contribution in [2.24, 2.45) is 15.9 Å². The molecule has 0 aromatic heterocycles. The molecule has 0 aromatic carbocycles. The molecule has 3 heteroatoms. The van der Waals surface area contributed by atoms with Crippen LogP contribution < -0.4 is 0 Å². The summed E-state index contributed by atoms with van der Waals surface area (Å²) in [5.74, 6) is 0.324. The molecule has 0 radical (unpaired) electrons. The van der Waals surface area contributed by atoms with Crippen LogP contribution in [0.1, 0.15) is 20.8 Å². The summed E-state index contributed by atoms with van der Waals surface area (Å²) in [6.07, 6.45) is 5.21. The minimum Gasteiger partial charge on any atom is -0.467 e. The lowest BCUT2D eigenvalue weighted by atomic mass is 10.1. The Labute approximate surface area is 85.9 Å². The topological polar surface area (TPSA) is 34.0 Å². The van der Waals surface area contributed by atoms with Crippen molar-refractivity contribution in [1.29, 1.82) is 0 Å². The standard InChI is InChI=1S/C11H18N2O/c1-6-8-10(9(3)4)13-11(14-5)12-7-2/h6-9H,1H2,2-5H3/b10-8-,12-7+,13-11+. The third-order valence-corrected chi connectivity index (χ3v) is 1.53. The van der Waals surface area contributed by atoms with E-state index in [1.54, 1.807) is 19.4 Å². The van der Waals surface area contributed by atoms with Crippen molar-refractivity contribution < 1.29 is 4.74 Å². The summed E-state index contributed by atoms with van der Waals surface area (Å²) in [7, 11) is 1.55. The van der Waals surface area contributed by atoms with Gasteiger partial charge in [-0.25, -0.2) is 9.98 Å². The lowest BCUT2D eigenvalue weighted by Crippen LogP contribution is -2.01. The highest BCUT2D eigenvalue weighted by Crippen LogP contribution is 2.11. The number of methoxy groups -OCH3 is 1. The predicted molar refractivity (Wildman–Crippen MR) is 61.7 cm³/mol. The van der Waals surface area contributed by atoms with Crippen molar-refractivity contribution in [1.82, 2.24) is 0 Å². The summed E-state index contributed by atoms with van der Waals surface area (Å²) >= 11 is 0. The summed E-state index contributed by atoms with van der Waals surface area (Å²) in [6.45, 7) is 9.57. The molecule has 0 unspecified atom stereocenters. The van der Waals surface area contributed by atoms with Crippen LogP contribution >= 0.6 is 0 Å². The van der Waals surface area contributed by atoms with Gasteiger partial charge in [0.1, 0.15) is 0 Å². The summed E-state index contributed by atoms with van der Waals surface area (Å²) in [6, 6.07) is 0.370. The summed E-state index contributed by atoms with van der Waals surface area (Å²) in [5.41, 5.74) is 0.905. The Morgan fingerprint density at radius 1 is 1.43 bits per heavy atom. The maximum Gasteiger partial charge on any atom is 0.315 e. The number of hydrogen-bond donors (Lipinski definition) is 0. The number of ether oxygens (including phenoxy) is 1. The molecule has 0 amide bonds. The Morgan fingerprint density at radius 2 is 2.07 bits per heavy atom. The molecule has 14 heavy (non-hydrogen) atoms. The van der Waals surface area contributed by atoms with Crippen molar-refractivity contribution in [3.05, 3.63) is 24.4 Å². The van der Waals surface area contributed by atoms with Crippen LogP contribution in [0.25, 0.3) is 0 Å². The van der Waals surface area contributed by atoms with Gasteiger partial charge in [0.2, 0.25) is 0 Å². The van der Waals surface area contributed by atoms with Gasteiger partial charge in [-0.05, 0) is 18.9 Å². The molecule has 0 rings (SSSR count). The minimum atomic E-state index is 0.324. The number of allylic oxidation sites excluding steroid dienone is 3. The molecule has 0 N–H and O–H groups in total. The van der Waals surface area contributed by atoms with Crippen LogP contribution in [0.3, 0.4) is 0 Å². The van der Waals surface area contributed by atoms with E-state index in [1.165, 1.54) is 0 Å².